The highest BCUT2D eigenvalue weighted by atomic mass is 16.6. The zero-order chi connectivity index (χ0) is 32.7. The molecule has 0 aliphatic rings. The molecule has 2 amide bonds. The first-order valence-electron chi connectivity index (χ1n) is 14.8. The van der Waals surface area contributed by atoms with E-state index in [1.165, 1.54) is 0 Å². The molecule has 0 radical (unpaired) electrons. The Morgan fingerprint density at radius 1 is 0.848 bits per heavy atom. The average Bonchev–Trinajstić information content (AvgIpc) is 3.52. The number of carboxylic acid groups (broad SMARTS) is 1. The summed E-state index contributed by atoms with van der Waals surface area (Å²) in [5.74, 6) is -1.51. The van der Waals surface area contributed by atoms with Gasteiger partial charge in [-0.1, -0.05) is 0 Å². The maximum Gasteiger partial charge on any atom is 0.340 e. The van der Waals surface area contributed by atoms with E-state index >= 15 is 0 Å². The molecule has 246 valence electrons. The third-order valence-corrected chi connectivity index (χ3v) is 6.87. The Morgan fingerprint density at radius 2 is 1.52 bits per heavy atom. The van der Waals surface area contributed by atoms with Crippen molar-refractivity contribution in [2.75, 3.05) is 64.6 Å². The van der Waals surface area contributed by atoms with Crippen LogP contribution in [0.3, 0.4) is 0 Å². The maximum absolute atomic E-state index is 12.5. The van der Waals surface area contributed by atoms with Crippen molar-refractivity contribution in [2.24, 2.45) is 0 Å². The largest absolute Gasteiger partial charge is 0.480 e. The Labute approximate surface area is 263 Å². The monoisotopic (exact) mass is 639 g/mol. The van der Waals surface area contributed by atoms with Crippen LogP contribution in [0.5, 0.6) is 0 Å². The number of hydrogen-bond acceptors (Lipinski definition) is 12. The van der Waals surface area contributed by atoms with Crippen molar-refractivity contribution in [3.8, 4) is 0 Å². The van der Waals surface area contributed by atoms with Crippen molar-refractivity contribution in [3.05, 3.63) is 63.5 Å². The number of aliphatic carboxylic acids is 1. The van der Waals surface area contributed by atoms with Gasteiger partial charge in [0, 0.05) is 49.0 Å². The third kappa shape index (κ3) is 10.4. The minimum absolute atomic E-state index is 0.117. The maximum atomic E-state index is 12.5. The van der Waals surface area contributed by atoms with Crippen LogP contribution in [0, 0.1) is 6.92 Å². The van der Waals surface area contributed by atoms with Gasteiger partial charge in [0.25, 0.3) is 5.91 Å². The Hall–Kier alpha value is -4.86. The number of hydrogen-bond donors (Lipinski definition) is 4. The van der Waals surface area contributed by atoms with Crippen LogP contribution in [0.15, 0.2) is 50.2 Å². The SMILES string of the molecule is Cc1c(CC(=O)NCCCOCCOCCOCCCNC(=O)c2ccc3nonc3c2)c(=O)oc2cc(NCC(=O)O)ccc12. The van der Waals surface area contributed by atoms with E-state index in [1.54, 1.807) is 43.3 Å². The fourth-order valence-corrected chi connectivity index (χ4v) is 4.45. The molecule has 2 heterocycles. The van der Waals surface area contributed by atoms with Gasteiger partial charge in [0.05, 0.1) is 38.4 Å². The standard InChI is InChI=1S/C31H37N5O10/c1-20-23-6-5-22(34-19-29(38)39)17-27(23)45-31(41)24(20)18-28(37)32-8-2-10-42-12-14-44-15-13-43-11-3-9-33-30(40)21-4-7-25-26(16-21)36-46-35-25/h4-7,16-17,34H,2-3,8-15,18-19H2,1H3,(H,32,37)(H,33,40)(H,38,39). The lowest BCUT2D eigenvalue weighted by Crippen LogP contribution is -2.29. The molecule has 0 unspecified atom stereocenters. The number of carboxylic acids is 1. The topological polar surface area (TPSA) is 204 Å². The molecule has 15 heteroatoms. The summed E-state index contributed by atoms with van der Waals surface area (Å²) in [7, 11) is 0. The molecule has 46 heavy (non-hydrogen) atoms. The number of benzene rings is 2. The second-order valence-electron chi connectivity index (χ2n) is 10.2. The Kier molecular flexibility index (Phi) is 13.0. The molecule has 2 aromatic carbocycles. The number of carbonyl (C=O) groups is 3. The number of carbonyl (C=O) groups excluding carboxylic acids is 2. The highest BCUT2D eigenvalue weighted by Gasteiger charge is 2.15. The summed E-state index contributed by atoms with van der Waals surface area (Å²) in [5.41, 5.74) is 2.74. The fourth-order valence-electron chi connectivity index (χ4n) is 4.45. The number of ether oxygens (including phenoxy) is 3. The summed E-state index contributed by atoms with van der Waals surface area (Å²) in [5, 5.41) is 25.3. The number of nitrogens with one attached hydrogen (secondary N) is 3. The van der Waals surface area contributed by atoms with E-state index < -0.39 is 11.6 Å². The number of nitrogens with zero attached hydrogens (tertiary/aromatic N) is 2. The van der Waals surface area contributed by atoms with Gasteiger partial charge >= 0.3 is 11.6 Å². The lowest BCUT2D eigenvalue weighted by atomic mass is 10.0. The Balaban J connectivity index is 0.985. The van der Waals surface area contributed by atoms with E-state index in [2.05, 4.69) is 30.9 Å². The first kappa shape index (κ1) is 34.0. The molecule has 0 saturated heterocycles. The van der Waals surface area contributed by atoms with Gasteiger partial charge in [-0.2, -0.15) is 0 Å². The van der Waals surface area contributed by atoms with Crippen LogP contribution in [0.25, 0.3) is 22.0 Å². The van der Waals surface area contributed by atoms with Gasteiger partial charge in [0.1, 0.15) is 23.2 Å². The van der Waals surface area contributed by atoms with Gasteiger partial charge in [-0.15, -0.1) is 0 Å². The van der Waals surface area contributed by atoms with Crippen LogP contribution in [-0.2, 0) is 30.2 Å². The first-order valence-corrected chi connectivity index (χ1v) is 14.8. The van der Waals surface area contributed by atoms with Crippen molar-refractivity contribution in [2.45, 2.75) is 26.2 Å². The number of amides is 2. The molecule has 0 spiro atoms. The molecule has 0 atom stereocenters. The van der Waals surface area contributed by atoms with Gasteiger partial charge in [-0.25, -0.2) is 9.42 Å². The lowest BCUT2D eigenvalue weighted by Gasteiger charge is -2.10. The van der Waals surface area contributed by atoms with E-state index in [0.29, 0.717) is 104 Å². The van der Waals surface area contributed by atoms with Crippen molar-refractivity contribution in [3.63, 3.8) is 0 Å². The molecule has 2 aromatic heterocycles. The van der Waals surface area contributed by atoms with Crippen LogP contribution < -0.4 is 21.6 Å². The molecule has 0 aliphatic carbocycles. The van der Waals surface area contributed by atoms with Gasteiger partial charge in [-0.05, 0) is 66.0 Å². The highest BCUT2D eigenvalue weighted by Crippen LogP contribution is 2.23. The molecule has 4 N–H and O–H groups in total. The van der Waals surface area contributed by atoms with Crippen molar-refractivity contribution >= 4 is 45.5 Å². The van der Waals surface area contributed by atoms with E-state index in [1.807, 2.05) is 0 Å². The van der Waals surface area contributed by atoms with Gasteiger partial charge in [-0.3, -0.25) is 14.4 Å². The minimum atomic E-state index is -1.01. The van der Waals surface area contributed by atoms with Crippen molar-refractivity contribution < 1.29 is 42.7 Å². The number of aryl methyl sites for hydroxylation is 1. The van der Waals surface area contributed by atoms with E-state index in [-0.39, 0.29) is 30.3 Å². The summed E-state index contributed by atoms with van der Waals surface area (Å²) in [6, 6.07) is 9.94. The molecule has 4 aromatic rings. The van der Waals surface area contributed by atoms with Gasteiger partial charge < -0.3 is 39.7 Å². The third-order valence-electron chi connectivity index (χ3n) is 6.87. The molecule has 0 bridgehead atoms. The normalized spacial score (nSPS) is 11.2. The van der Waals surface area contributed by atoms with Crippen LogP contribution in [-0.4, -0.2) is 92.5 Å². The lowest BCUT2D eigenvalue weighted by molar-refractivity contribution is -0.135. The van der Waals surface area contributed by atoms with Crippen molar-refractivity contribution in [1.29, 1.82) is 0 Å². The molecule has 0 aliphatic heterocycles. The number of rotatable bonds is 20. The minimum Gasteiger partial charge on any atom is -0.480 e. The zero-order valence-electron chi connectivity index (χ0n) is 25.5. The summed E-state index contributed by atoms with van der Waals surface area (Å²) in [6.45, 7) is 4.92. The van der Waals surface area contributed by atoms with E-state index in [9.17, 15) is 19.2 Å². The zero-order valence-corrected chi connectivity index (χ0v) is 25.5. The van der Waals surface area contributed by atoms with E-state index in [4.69, 9.17) is 23.7 Å². The van der Waals surface area contributed by atoms with Crippen molar-refractivity contribution in [1.82, 2.24) is 20.9 Å². The summed E-state index contributed by atoms with van der Waals surface area (Å²) >= 11 is 0. The van der Waals surface area contributed by atoms with Gasteiger partial charge in [0.2, 0.25) is 5.91 Å². The first-order chi connectivity index (χ1) is 22.3. The average molecular weight is 640 g/mol. The Morgan fingerprint density at radius 3 is 2.24 bits per heavy atom. The number of anilines is 1. The van der Waals surface area contributed by atoms with Crippen LogP contribution in [0.4, 0.5) is 5.69 Å². The number of fused-ring (bicyclic) bond motifs is 2. The van der Waals surface area contributed by atoms with Gasteiger partial charge in [0.15, 0.2) is 0 Å². The number of aromatic nitrogens is 2. The molecular weight excluding hydrogens is 602 g/mol. The smallest absolute Gasteiger partial charge is 0.340 e. The molecule has 0 saturated carbocycles. The predicted octanol–water partition coefficient (Wildman–Crippen LogP) is 2.05. The summed E-state index contributed by atoms with van der Waals surface area (Å²) < 4.78 is 26.6. The van der Waals surface area contributed by atoms with Crippen LogP contribution in [0.2, 0.25) is 0 Å². The molecule has 4 rings (SSSR count). The summed E-state index contributed by atoms with van der Waals surface area (Å²) in [6.07, 6.45) is 1.13. The quantitative estimate of drug-likeness (QED) is 0.0808. The second-order valence-corrected chi connectivity index (χ2v) is 10.2. The molecule has 15 nitrogen and oxygen atoms in total. The van der Waals surface area contributed by atoms with Crippen LogP contribution in [0.1, 0.15) is 34.3 Å². The van der Waals surface area contributed by atoms with Crippen LogP contribution >= 0.6 is 0 Å². The fraction of sp³-hybridized carbons (Fsp3) is 0.419. The summed E-state index contributed by atoms with van der Waals surface area (Å²) in [4.78, 5) is 48.0. The highest BCUT2D eigenvalue weighted by molar-refractivity contribution is 5.97. The van der Waals surface area contributed by atoms with E-state index in [0.717, 1.165) is 0 Å². The Bertz CT molecular complexity index is 1690. The predicted molar refractivity (Wildman–Crippen MR) is 166 cm³/mol. The molecule has 0 fully saturated rings. The second kappa shape index (κ2) is 17.6. The molecular formula is C31H37N5O10.